The number of hydrogen-bond donors (Lipinski definition) is 1. The first-order chi connectivity index (χ1) is 7.29. The summed E-state index contributed by atoms with van der Waals surface area (Å²) in [4.78, 5) is 4.37. The van der Waals surface area contributed by atoms with Crippen molar-refractivity contribution in [2.45, 2.75) is 44.6 Å². The number of aromatic nitrogens is 1. The fourth-order valence-electron chi connectivity index (χ4n) is 2.12. The molecular weight excluding hydrogens is 208 g/mol. The van der Waals surface area contributed by atoms with E-state index in [0.717, 1.165) is 25.9 Å². The number of thiazole rings is 1. The van der Waals surface area contributed by atoms with Gasteiger partial charge in [-0.05, 0) is 19.3 Å². The summed E-state index contributed by atoms with van der Waals surface area (Å²) < 4.78 is 5.72. The van der Waals surface area contributed by atoms with E-state index in [1.807, 2.05) is 5.38 Å². The molecule has 1 fully saturated rings. The Labute approximate surface area is 94.7 Å². The highest BCUT2D eigenvalue weighted by atomic mass is 32.1. The summed E-state index contributed by atoms with van der Waals surface area (Å²) in [5, 5.41) is 3.12. The van der Waals surface area contributed by atoms with Crippen LogP contribution in [0.5, 0.6) is 0 Å². The Balaban J connectivity index is 1.98. The van der Waals surface area contributed by atoms with E-state index in [1.54, 1.807) is 11.3 Å². The zero-order valence-electron chi connectivity index (χ0n) is 9.11. The molecule has 1 aromatic heterocycles. The zero-order chi connectivity index (χ0) is 10.7. The summed E-state index contributed by atoms with van der Waals surface area (Å²) in [5.74, 6) is 1.23. The van der Waals surface area contributed by atoms with Gasteiger partial charge in [0.05, 0.1) is 11.1 Å². The Morgan fingerprint density at radius 2 is 2.53 bits per heavy atom. The molecule has 0 bridgehead atoms. The van der Waals surface area contributed by atoms with Gasteiger partial charge in [0.15, 0.2) is 0 Å². The molecule has 0 radical (unpaired) electrons. The predicted octanol–water partition coefficient (Wildman–Crippen LogP) is 2.79. The Morgan fingerprint density at radius 3 is 3.20 bits per heavy atom. The zero-order valence-corrected chi connectivity index (χ0v) is 9.93. The van der Waals surface area contributed by atoms with Crippen LogP contribution in [0.15, 0.2) is 5.38 Å². The SMILES string of the molecule is CCC[C@@H]1C[C@@H](c2nc(N)cs2)CCO1. The summed E-state index contributed by atoms with van der Waals surface area (Å²) in [7, 11) is 0. The number of ether oxygens (including phenoxy) is 1. The minimum Gasteiger partial charge on any atom is -0.383 e. The van der Waals surface area contributed by atoms with Crippen LogP contribution in [-0.2, 0) is 4.74 Å². The van der Waals surface area contributed by atoms with Crippen LogP contribution in [-0.4, -0.2) is 17.7 Å². The van der Waals surface area contributed by atoms with E-state index in [9.17, 15) is 0 Å². The third-order valence-corrected chi connectivity index (χ3v) is 3.89. The molecule has 15 heavy (non-hydrogen) atoms. The van der Waals surface area contributed by atoms with Crippen LogP contribution in [0.4, 0.5) is 5.82 Å². The van der Waals surface area contributed by atoms with Crippen LogP contribution in [0, 0.1) is 0 Å². The molecule has 0 aromatic carbocycles. The first-order valence-corrected chi connectivity index (χ1v) is 6.50. The first kappa shape index (κ1) is 10.9. The smallest absolute Gasteiger partial charge is 0.134 e. The molecule has 1 aliphatic rings. The molecule has 1 aliphatic heterocycles. The van der Waals surface area contributed by atoms with E-state index in [1.165, 1.54) is 11.4 Å². The maximum Gasteiger partial charge on any atom is 0.134 e. The van der Waals surface area contributed by atoms with Crippen LogP contribution in [0.3, 0.4) is 0 Å². The lowest BCUT2D eigenvalue weighted by molar-refractivity contribution is 0.00161. The van der Waals surface area contributed by atoms with Gasteiger partial charge < -0.3 is 10.5 Å². The number of anilines is 1. The molecule has 0 aliphatic carbocycles. The molecule has 2 N–H and O–H groups in total. The molecule has 1 saturated heterocycles. The Bertz CT molecular complexity index is 311. The molecule has 1 aromatic rings. The van der Waals surface area contributed by atoms with E-state index < -0.39 is 0 Å². The average molecular weight is 226 g/mol. The number of nitrogens with two attached hydrogens (primary N) is 1. The van der Waals surface area contributed by atoms with E-state index in [-0.39, 0.29) is 0 Å². The predicted molar refractivity (Wildman–Crippen MR) is 63.1 cm³/mol. The summed E-state index contributed by atoms with van der Waals surface area (Å²) in [6.45, 7) is 3.07. The molecule has 3 nitrogen and oxygen atoms in total. The van der Waals surface area contributed by atoms with Crippen molar-refractivity contribution in [2.24, 2.45) is 0 Å². The molecular formula is C11H18N2OS. The Hall–Kier alpha value is -0.610. The van der Waals surface area contributed by atoms with Crippen molar-refractivity contribution >= 4 is 17.2 Å². The molecule has 2 atom stereocenters. The van der Waals surface area contributed by atoms with Crippen molar-refractivity contribution in [3.05, 3.63) is 10.4 Å². The fourth-order valence-corrected chi connectivity index (χ4v) is 2.97. The van der Waals surface area contributed by atoms with Gasteiger partial charge >= 0.3 is 0 Å². The van der Waals surface area contributed by atoms with Crippen LogP contribution >= 0.6 is 11.3 Å². The van der Waals surface area contributed by atoms with Crippen LogP contribution in [0.1, 0.15) is 43.5 Å². The number of nitrogens with zero attached hydrogens (tertiary/aromatic N) is 1. The topological polar surface area (TPSA) is 48.1 Å². The molecule has 0 amide bonds. The van der Waals surface area contributed by atoms with Gasteiger partial charge in [0.1, 0.15) is 5.82 Å². The minimum atomic E-state index is 0.430. The largest absolute Gasteiger partial charge is 0.383 e. The molecule has 84 valence electrons. The average Bonchev–Trinajstić information content (AvgIpc) is 2.66. The highest BCUT2D eigenvalue weighted by molar-refractivity contribution is 7.10. The summed E-state index contributed by atoms with van der Waals surface area (Å²) >= 11 is 1.68. The second-order valence-corrected chi connectivity index (χ2v) is 5.00. The van der Waals surface area contributed by atoms with E-state index in [0.29, 0.717) is 17.8 Å². The van der Waals surface area contributed by atoms with Crippen molar-refractivity contribution in [1.82, 2.24) is 4.98 Å². The van der Waals surface area contributed by atoms with Crippen molar-refractivity contribution in [3.8, 4) is 0 Å². The normalized spacial score (nSPS) is 26.7. The third-order valence-electron chi connectivity index (χ3n) is 2.87. The van der Waals surface area contributed by atoms with Crippen LogP contribution in [0.2, 0.25) is 0 Å². The second kappa shape index (κ2) is 4.94. The fraction of sp³-hybridized carbons (Fsp3) is 0.727. The van der Waals surface area contributed by atoms with Crippen molar-refractivity contribution in [1.29, 1.82) is 0 Å². The van der Waals surface area contributed by atoms with Gasteiger partial charge in [-0.25, -0.2) is 4.98 Å². The number of hydrogen-bond acceptors (Lipinski definition) is 4. The number of nitrogen functional groups attached to an aromatic ring is 1. The van der Waals surface area contributed by atoms with E-state index in [4.69, 9.17) is 10.5 Å². The quantitative estimate of drug-likeness (QED) is 0.862. The Kier molecular flexibility index (Phi) is 3.59. The van der Waals surface area contributed by atoms with Gasteiger partial charge in [-0.15, -0.1) is 11.3 Å². The van der Waals surface area contributed by atoms with E-state index >= 15 is 0 Å². The summed E-state index contributed by atoms with van der Waals surface area (Å²) in [6.07, 6.45) is 4.99. The highest BCUT2D eigenvalue weighted by Crippen LogP contribution is 2.33. The van der Waals surface area contributed by atoms with Crippen LogP contribution < -0.4 is 5.73 Å². The molecule has 0 saturated carbocycles. The van der Waals surface area contributed by atoms with Gasteiger partial charge in [-0.2, -0.15) is 0 Å². The number of rotatable bonds is 3. The van der Waals surface area contributed by atoms with Crippen molar-refractivity contribution in [3.63, 3.8) is 0 Å². The second-order valence-electron chi connectivity index (χ2n) is 4.11. The van der Waals surface area contributed by atoms with Gasteiger partial charge in [0.2, 0.25) is 0 Å². The molecule has 4 heteroatoms. The maximum atomic E-state index is 5.72. The van der Waals surface area contributed by atoms with Gasteiger partial charge in [0.25, 0.3) is 0 Å². The van der Waals surface area contributed by atoms with Gasteiger partial charge in [-0.1, -0.05) is 13.3 Å². The lowest BCUT2D eigenvalue weighted by atomic mass is 9.94. The van der Waals surface area contributed by atoms with Crippen LogP contribution in [0.25, 0.3) is 0 Å². The molecule has 0 unspecified atom stereocenters. The molecule has 0 spiro atoms. The monoisotopic (exact) mass is 226 g/mol. The molecule has 2 rings (SSSR count). The van der Waals surface area contributed by atoms with Crippen molar-refractivity contribution < 1.29 is 4.74 Å². The summed E-state index contributed by atoms with van der Waals surface area (Å²) in [6, 6.07) is 0. The standard InChI is InChI=1S/C11H18N2OS/c1-2-3-9-6-8(4-5-14-9)11-13-10(12)7-15-11/h7-9H,2-6,12H2,1H3/t8-,9+/m0/s1. The summed E-state index contributed by atoms with van der Waals surface area (Å²) in [5.41, 5.74) is 5.65. The Morgan fingerprint density at radius 1 is 1.67 bits per heavy atom. The van der Waals surface area contributed by atoms with Gasteiger partial charge in [0, 0.05) is 17.9 Å². The van der Waals surface area contributed by atoms with Crippen molar-refractivity contribution in [2.75, 3.05) is 12.3 Å². The first-order valence-electron chi connectivity index (χ1n) is 5.62. The van der Waals surface area contributed by atoms with Gasteiger partial charge in [-0.3, -0.25) is 0 Å². The minimum absolute atomic E-state index is 0.430. The highest BCUT2D eigenvalue weighted by Gasteiger charge is 2.25. The van der Waals surface area contributed by atoms with E-state index in [2.05, 4.69) is 11.9 Å². The third kappa shape index (κ3) is 2.69. The lowest BCUT2D eigenvalue weighted by Crippen LogP contribution is -2.24. The maximum absolute atomic E-state index is 5.72. The lowest BCUT2D eigenvalue weighted by Gasteiger charge is -2.28. The molecule has 2 heterocycles.